The number of nitrogens with zero attached hydrogens (tertiary/aromatic N) is 1. The van der Waals surface area contributed by atoms with Gasteiger partial charge in [-0.15, -0.1) is 0 Å². The van der Waals surface area contributed by atoms with Crippen LogP contribution in [0.2, 0.25) is 0 Å². The number of halogens is 2. The Balaban J connectivity index is 2.34. The number of hydrogen-bond acceptors (Lipinski definition) is 3. The largest absolute Gasteiger partial charge is 0.489 e. The van der Waals surface area contributed by atoms with E-state index in [-0.39, 0.29) is 18.0 Å². The molecule has 1 aromatic heterocycles. The molecule has 0 aliphatic heterocycles. The molecule has 21 heavy (non-hydrogen) atoms. The molecule has 0 saturated carbocycles. The average Bonchev–Trinajstić information content (AvgIpc) is 2.43. The van der Waals surface area contributed by atoms with E-state index in [1.807, 2.05) is 27.0 Å². The third-order valence-corrected chi connectivity index (χ3v) is 3.61. The predicted molar refractivity (Wildman–Crippen MR) is 85.0 cm³/mol. The van der Waals surface area contributed by atoms with Crippen molar-refractivity contribution in [3.63, 3.8) is 0 Å². The molecule has 0 aliphatic rings. The van der Waals surface area contributed by atoms with E-state index >= 15 is 0 Å². The summed E-state index contributed by atoms with van der Waals surface area (Å²) in [5, 5.41) is 3.22. The van der Waals surface area contributed by atoms with Crippen LogP contribution in [0.25, 0.3) is 0 Å². The number of hydrogen-bond donors (Lipinski definition) is 1. The minimum Gasteiger partial charge on any atom is -0.489 e. The molecule has 1 unspecified atom stereocenters. The molecular formula is C16H18BrFN2O. The van der Waals surface area contributed by atoms with Gasteiger partial charge >= 0.3 is 0 Å². The number of ether oxygens (including phenoxy) is 1. The van der Waals surface area contributed by atoms with Gasteiger partial charge in [0.1, 0.15) is 11.6 Å². The van der Waals surface area contributed by atoms with Gasteiger partial charge in [0.25, 0.3) is 0 Å². The highest BCUT2D eigenvalue weighted by Crippen LogP contribution is 2.27. The van der Waals surface area contributed by atoms with Gasteiger partial charge < -0.3 is 10.1 Å². The molecule has 1 atom stereocenters. The molecule has 0 saturated heterocycles. The highest BCUT2D eigenvalue weighted by atomic mass is 79.9. The van der Waals surface area contributed by atoms with Gasteiger partial charge in [0.15, 0.2) is 0 Å². The summed E-state index contributed by atoms with van der Waals surface area (Å²) in [5.41, 5.74) is 1.92. The second-order valence-electron chi connectivity index (χ2n) is 5.02. The Bertz CT molecular complexity index is 619. The van der Waals surface area contributed by atoms with E-state index in [4.69, 9.17) is 4.74 Å². The summed E-state index contributed by atoms with van der Waals surface area (Å²) in [6.07, 6.45) is 3.57. The first kappa shape index (κ1) is 15.9. The monoisotopic (exact) mass is 352 g/mol. The fraction of sp³-hybridized carbons (Fsp3) is 0.312. The second kappa shape index (κ2) is 7.00. The fourth-order valence-electron chi connectivity index (χ4n) is 2.15. The van der Waals surface area contributed by atoms with Gasteiger partial charge in [-0.05, 0) is 66.2 Å². The third kappa shape index (κ3) is 4.02. The Morgan fingerprint density at radius 3 is 2.57 bits per heavy atom. The second-order valence-corrected chi connectivity index (χ2v) is 5.87. The minimum atomic E-state index is -0.274. The quantitative estimate of drug-likeness (QED) is 0.880. The molecular weight excluding hydrogens is 335 g/mol. The lowest BCUT2D eigenvalue weighted by Gasteiger charge is -2.18. The lowest BCUT2D eigenvalue weighted by atomic mass is 10.0. The van der Waals surface area contributed by atoms with E-state index in [2.05, 4.69) is 26.2 Å². The smallest absolute Gasteiger partial charge is 0.138 e. The molecule has 3 nitrogen and oxygen atoms in total. The number of nitrogens with one attached hydrogen (secondary N) is 1. The molecule has 0 spiro atoms. The van der Waals surface area contributed by atoms with Crippen LogP contribution in [0.4, 0.5) is 4.39 Å². The first-order chi connectivity index (χ1) is 10.0. The Labute approximate surface area is 132 Å². The lowest BCUT2D eigenvalue weighted by molar-refractivity contribution is 0.241. The molecule has 112 valence electrons. The summed E-state index contributed by atoms with van der Waals surface area (Å²) in [6, 6.07) is 6.85. The van der Waals surface area contributed by atoms with Crippen molar-refractivity contribution < 1.29 is 9.13 Å². The van der Waals surface area contributed by atoms with Gasteiger partial charge in [-0.1, -0.05) is 6.07 Å². The molecule has 2 aromatic rings. The molecule has 0 fully saturated rings. The third-order valence-electron chi connectivity index (χ3n) is 3.01. The van der Waals surface area contributed by atoms with Crippen LogP contribution in [-0.4, -0.2) is 18.1 Å². The van der Waals surface area contributed by atoms with E-state index in [0.717, 1.165) is 16.9 Å². The van der Waals surface area contributed by atoms with E-state index in [1.165, 1.54) is 6.07 Å². The van der Waals surface area contributed by atoms with E-state index in [0.29, 0.717) is 4.47 Å². The minimum absolute atomic E-state index is 0.0786. The maximum Gasteiger partial charge on any atom is 0.138 e. The molecule has 5 heteroatoms. The van der Waals surface area contributed by atoms with Crippen molar-refractivity contribution in [3.8, 4) is 5.75 Å². The average molecular weight is 353 g/mol. The zero-order valence-corrected chi connectivity index (χ0v) is 13.8. The Hall–Kier alpha value is -1.46. The molecule has 0 radical (unpaired) electrons. The molecule has 2 rings (SSSR count). The SMILES string of the molecule is CNC(c1cncc(OC(C)C)c1)c1ccc(F)c(Br)c1. The number of benzene rings is 1. The van der Waals surface area contributed by atoms with Gasteiger partial charge in [0.05, 0.1) is 22.8 Å². The first-order valence-electron chi connectivity index (χ1n) is 6.75. The highest BCUT2D eigenvalue weighted by Gasteiger charge is 2.15. The molecule has 0 aliphatic carbocycles. The van der Waals surface area contributed by atoms with Gasteiger partial charge in [0, 0.05) is 6.20 Å². The highest BCUT2D eigenvalue weighted by molar-refractivity contribution is 9.10. The van der Waals surface area contributed by atoms with E-state index in [1.54, 1.807) is 24.5 Å². The van der Waals surface area contributed by atoms with Gasteiger partial charge in [-0.3, -0.25) is 4.98 Å². The van der Waals surface area contributed by atoms with Crippen molar-refractivity contribution >= 4 is 15.9 Å². The van der Waals surface area contributed by atoms with Crippen molar-refractivity contribution in [2.75, 3.05) is 7.05 Å². The number of aromatic nitrogens is 1. The maximum absolute atomic E-state index is 13.4. The Kier molecular flexibility index (Phi) is 5.31. The van der Waals surface area contributed by atoms with Crippen molar-refractivity contribution in [3.05, 3.63) is 58.1 Å². The van der Waals surface area contributed by atoms with Crippen LogP contribution in [-0.2, 0) is 0 Å². The summed E-state index contributed by atoms with van der Waals surface area (Å²) < 4.78 is 19.5. The topological polar surface area (TPSA) is 34.2 Å². The summed E-state index contributed by atoms with van der Waals surface area (Å²) in [7, 11) is 1.86. The maximum atomic E-state index is 13.4. The van der Waals surface area contributed by atoms with Crippen LogP contribution in [0.1, 0.15) is 31.0 Å². The van der Waals surface area contributed by atoms with Crippen molar-refractivity contribution in [2.45, 2.75) is 26.0 Å². The lowest BCUT2D eigenvalue weighted by Crippen LogP contribution is -2.18. The van der Waals surface area contributed by atoms with E-state index < -0.39 is 0 Å². The van der Waals surface area contributed by atoms with Crippen LogP contribution >= 0.6 is 15.9 Å². The van der Waals surface area contributed by atoms with Crippen molar-refractivity contribution in [1.82, 2.24) is 10.3 Å². The Morgan fingerprint density at radius 2 is 1.95 bits per heavy atom. The van der Waals surface area contributed by atoms with Crippen LogP contribution in [0.5, 0.6) is 5.75 Å². The Morgan fingerprint density at radius 1 is 1.19 bits per heavy atom. The predicted octanol–water partition coefficient (Wildman–Crippen LogP) is 4.08. The summed E-state index contributed by atoms with van der Waals surface area (Å²) >= 11 is 3.22. The van der Waals surface area contributed by atoms with Gasteiger partial charge in [-0.25, -0.2) is 4.39 Å². The fourth-order valence-corrected chi connectivity index (χ4v) is 2.54. The number of rotatable bonds is 5. The normalized spacial score (nSPS) is 12.5. The van der Waals surface area contributed by atoms with Crippen LogP contribution in [0, 0.1) is 5.82 Å². The van der Waals surface area contributed by atoms with Gasteiger partial charge in [0.2, 0.25) is 0 Å². The standard InChI is InChI=1S/C16H18BrFN2O/c1-10(2)21-13-6-12(8-20-9-13)16(19-3)11-4-5-15(18)14(17)7-11/h4-10,16,19H,1-3H3. The van der Waals surface area contributed by atoms with Crippen LogP contribution in [0.15, 0.2) is 41.1 Å². The molecule has 1 aromatic carbocycles. The first-order valence-corrected chi connectivity index (χ1v) is 7.54. The van der Waals surface area contributed by atoms with Crippen LogP contribution < -0.4 is 10.1 Å². The zero-order chi connectivity index (χ0) is 15.4. The molecule has 0 amide bonds. The van der Waals surface area contributed by atoms with Crippen LogP contribution in [0.3, 0.4) is 0 Å². The van der Waals surface area contributed by atoms with Crippen molar-refractivity contribution in [2.24, 2.45) is 0 Å². The summed E-state index contributed by atoms with van der Waals surface area (Å²) in [4.78, 5) is 4.22. The summed E-state index contributed by atoms with van der Waals surface area (Å²) in [6.45, 7) is 3.94. The van der Waals surface area contributed by atoms with E-state index in [9.17, 15) is 4.39 Å². The zero-order valence-electron chi connectivity index (χ0n) is 12.2. The molecule has 1 heterocycles. The molecule has 1 N–H and O–H groups in total. The number of pyridine rings is 1. The van der Waals surface area contributed by atoms with Gasteiger partial charge in [-0.2, -0.15) is 0 Å². The molecule has 0 bridgehead atoms. The van der Waals surface area contributed by atoms with Crippen molar-refractivity contribution in [1.29, 1.82) is 0 Å². The summed E-state index contributed by atoms with van der Waals surface area (Å²) in [5.74, 6) is 0.451.